The first-order valence-electron chi connectivity index (χ1n) is 7.94. The smallest absolute Gasteiger partial charge is 0.245 e. The number of carbonyl (C=O) groups excluding carboxylic acids is 1. The van der Waals surface area contributed by atoms with Crippen molar-refractivity contribution >= 4 is 33.2 Å². The van der Waals surface area contributed by atoms with Crippen LogP contribution in [0.4, 0.5) is 5.69 Å². The predicted octanol–water partition coefficient (Wildman–Crippen LogP) is 3.04. The largest absolute Gasteiger partial charge is 0.311 e. The normalized spacial score (nSPS) is 18.0. The zero-order chi connectivity index (χ0) is 18.2. The van der Waals surface area contributed by atoms with Crippen LogP contribution < -0.4 is 9.62 Å². The molecule has 1 amide bonds. The third-order valence-electron chi connectivity index (χ3n) is 4.15. The van der Waals surface area contributed by atoms with E-state index in [1.807, 2.05) is 32.0 Å². The number of hydrogen-bond donors (Lipinski definition) is 1. The fourth-order valence-electron chi connectivity index (χ4n) is 3.07. The van der Waals surface area contributed by atoms with Crippen molar-refractivity contribution in [3.05, 3.63) is 58.6 Å². The third kappa shape index (κ3) is 3.71. The van der Waals surface area contributed by atoms with Crippen LogP contribution in [0, 0.1) is 13.8 Å². The van der Waals surface area contributed by atoms with Gasteiger partial charge in [0.1, 0.15) is 10.9 Å². The van der Waals surface area contributed by atoms with E-state index in [4.69, 9.17) is 11.6 Å². The van der Waals surface area contributed by atoms with E-state index in [2.05, 4.69) is 4.72 Å². The first kappa shape index (κ1) is 17.9. The van der Waals surface area contributed by atoms with Crippen molar-refractivity contribution in [1.29, 1.82) is 0 Å². The lowest BCUT2D eigenvalue weighted by atomic mass is 10.1. The molecule has 1 aliphatic rings. The van der Waals surface area contributed by atoms with Gasteiger partial charge < -0.3 is 4.90 Å². The van der Waals surface area contributed by atoms with Gasteiger partial charge in [-0.15, -0.1) is 0 Å². The Balaban J connectivity index is 1.82. The van der Waals surface area contributed by atoms with Gasteiger partial charge in [-0.2, -0.15) is 4.72 Å². The summed E-state index contributed by atoms with van der Waals surface area (Å²) in [6.07, 6.45) is 0.412. The van der Waals surface area contributed by atoms with Crippen molar-refractivity contribution in [3.63, 3.8) is 0 Å². The maximum absolute atomic E-state index is 12.7. The van der Waals surface area contributed by atoms with Gasteiger partial charge in [-0.1, -0.05) is 29.8 Å². The summed E-state index contributed by atoms with van der Waals surface area (Å²) < 4.78 is 27.6. The number of amides is 1. The Morgan fingerprint density at radius 1 is 1.12 bits per heavy atom. The van der Waals surface area contributed by atoms with Crippen LogP contribution in [0.5, 0.6) is 0 Å². The lowest BCUT2D eigenvalue weighted by Gasteiger charge is -2.18. The molecular formula is C18H19ClN2O3S. The molecule has 25 heavy (non-hydrogen) atoms. The van der Waals surface area contributed by atoms with Gasteiger partial charge in [0.05, 0.1) is 5.02 Å². The van der Waals surface area contributed by atoms with Crippen LogP contribution in [0.3, 0.4) is 0 Å². The fourth-order valence-corrected chi connectivity index (χ4v) is 4.81. The summed E-state index contributed by atoms with van der Waals surface area (Å²) in [4.78, 5) is 14.3. The predicted molar refractivity (Wildman–Crippen MR) is 98.4 cm³/mol. The van der Waals surface area contributed by atoms with Crippen LogP contribution in [0.15, 0.2) is 47.4 Å². The minimum absolute atomic E-state index is 0.0192. The van der Waals surface area contributed by atoms with Gasteiger partial charge in [-0.3, -0.25) is 4.79 Å². The van der Waals surface area contributed by atoms with Gasteiger partial charge in [0.25, 0.3) is 0 Å². The molecule has 7 heteroatoms. The van der Waals surface area contributed by atoms with Gasteiger partial charge in [0, 0.05) is 12.2 Å². The highest BCUT2D eigenvalue weighted by Gasteiger charge is 2.36. The molecule has 0 unspecified atom stereocenters. The average Bonchev–Trinajstić information content (AvgIpc) is 2.87. The van der Waals surface area contributed by atoms with E-state index in [1.165, 1.54) is 12.1 Å². The lowest BCUT2D eigenvalue weighted by Crippen LogP contribution is -2.41. The van der Waals surface area contributed by atoms with Crippen LogP contribution in [-0.2, 0) is 14.8 Å². The molecule has 1 fully saturated rings. The number of nitrogens with zero attached hydrogens (tertiary/aromatic N) is 1. The molecule has 0 spiro atoms. The van der Waals surface area contributed by atoms with E-state index in [1.54, 1.807) is 17.0 Å². The third-order valence-corrected chi connectivity index (χ3v) is 6.12. The van der Waals surface area contributed by atoms with Crippen molar-refractivity contribution in [2.24, 2.45) is 0 Å². The standard InChI is InChI=1S/C18H19ClN2O3S/c1-12-9-13(2)11-14(10-12)21-8-7-16(18(21)22)20-25(23,24)17-6-4-3-5-15(17)19/h3-6,9-11,16,20H,7-8H2,1-2H3/t16-/m0/s1. The summed E-state index contributed by atoms with van der Waals surface area (Å²) >= 11 is 5.98. The summed E-state index contributed by atoms with van der Waals surface area (Å²) in [6.45, 7) is 4.40. The highest BCUT2D eigenvalue weighted by Crippen LogP contribution is 2.26. The second-order valence-electron chi connectivity index (χ2n) is 6.23. The van der Waals surface area contributed by atoms with Crippen molar-refractivity contribution < 1.29 is 13.2 Å². The van der Waals surface area contributed by atoms with Crippen LogP contribution in [-0.4, -0.2) is 26.9 Å². The summed E-state index contributed by atoms with van der Waals surface area (Å²) in [5.41, 5.74) is 2.91. The van der Waals surface area contributed by atoms with Crippen LogP contribution in [0.25, 0.3) is 0 Å². The first-order valence-corrected chi connectivity index (χ1v) is 9.80. The van der Waals surface area contributed by atoms with Gasteiger partial charge in [-0.05, 0) is 55.7 Å². The Hall–Kier alpha value is -1.89. The van der Waals surface area contributed by atoms with E-state index in [9.17, 15) is 13.2 Å². The van der Waals surface area contributed by atoms with Crippen molar-refractivity contribution in [1.82, 2.24) is 4.72 Å². The van der Waals surface area contributed by atoms with Gasteiger partial charge in [-0.25, -0.2) is 8.42 Å². The van der Waals surface area contributed by atoms with E-state index in [0.717, 1.165) is 16.8 Å². The number of nitrogens with one attached hydrogen (secondary N) is 1. The highest BCUT2D eigenvalue weighted by molar-refractivity contribution is 7.89. The minimum Gasteiger partial charge on any atom is -0.311 e. The molecular weight excluding hydrogens is 360 g/mol. The fraction of sp³-hybridized carbons (Fsp3) is 0.278. The molecule has 2 aromatic carbocycles. The molecule has 1 saturated heterocycles. The summed E-state index contributed by atoms with van der Waals surface area (Å²) in [5, 5.41) is 0.131. The Labute approximate surface area is 152 Å². The Morgan fingerprint density at radius 3 is 2.40 bits per heavy atom. The minimum atomic E-state index is -3.86. The molecule has 1 atom stereocenters. The number of sulfonamides is 1. The highest BCUT2D eigenvalue weighted by atomic mass is 35.5. The number of carbonyl (C=O) groups is 1. The van der Waals surface area contributed by atoms with E-state index in [-0.39, 0.29) is 15.8 Å². The molecule has 0 aliphatic carbocycles. The second-order valence-corrected chi connectivity index (χ2v) is 8.32. The zero-order valence-electron chi connectivity index (χ0n) is 14.0. The summed E-state index contributed by atoms with van der Waals surface area (Å²) in [7, 11) is -3.86. The maximum atomic E-state index is 12.7. The number of rotatable bonds is 4. The quantitative estimate of drug-likeness (QED) is 0.889. The summed E-state index contributed by atoms with van der Waals surface area (Å²) in [5.74, 6) is -0.249. The molecule has 2 aromatic rings. The first-order chi connectivity index (χ1) is 11.8. The second kappa shape index (κ2) is 6.78. The average molecular weight is 379 g/mol. The topological polar surface area (TPSA) is 66.5 Å². The molecule has 5 nitrogen and oxygen atoms in total. The van der Waals surface area contributed by atoms with E-state index < -0.39 is 16.1 Å². The van der Waals surface area contributed by atoms with Crippen molar-refractivity contribution in [2.45, 2.75) is 31.2 Å². The molecule has 1 heterocycles. The molecule has 0 saturated carbocycles. The molecule has 1 aliphatic heterocycles. The summed E-state index contributed by atoms with van der Waals surface area (Å²) in [6, 6.07) is 11.3. The Kier molecular flexibility index (Phi) is 4.86. The Bertz CT molecular complexity index is 907. The number of aryl methyl sites for hydroxylation is 2. The molecule has 1 N–H and O–H groups in total. The van der Waals surface area contributed by atoms with Crippen LogP contribution in [0.2, 0.25) is 5.02 Å². The molecule has 3 rings (SSSR count). The number of benzene rings is 2. The number of hydrogen-bond acceptors (Lipinski definition) is 3. The van der Waals surface area contributed by atoms with Gasteiger partial charge >= 0.3 is 0 Å². The van der Waals surface area contributed by atoms with Crippen LogP contribution in [0.1, 0.15) is 17.5 Å². The molecule has 0 aromatic heterocycles. The monoisotopic (exact) mass is 378 g/mol. The van der Waals surface area contributed by atoms with E-state index in [0.29, 0.717) is 13.0 Å². The Morgan fingerprint density at radius 2 is 1.76 bits per heavy atom. The molecule has 0 bridgehead atoms. The van der Waals surface area contributed by atoms with Crippen molar-refractivity contribution in [2.75, 3.05) is 11.4 Å². The zero-order valence-corrected chi connectivity index (χ0v) is 15.6. The lowest BCUT2D eigenvalue weighted by molar-refractivity contribution is -0.118. The van der Waals surface area contributed by atoms with Gasteiger partial charge in [0.2, 0.25) is 15.9 Å². The maximum Gasteiger partial charge on any atom is 0.245 e. The van der Waals surface area contributed by atoms with Gasteiger partial charge in [0.15, 0.2) is 0 Å². The van der Waals surface area contributed by atoms with E-state index >= 15 is 0 Å². The number of halogens is 1. The SMILES string of the molecule is Cc1cc(C)cc(N2CC[C@H](NS(=O)(=O)c3ccccc3Cl)C2=O)c1. The van der Waals surface area contributed by atoms with Crippen LogP contribution >= 0.6 is 11.6 Å². The van der Waals surface area contributed by atoms with Crippen molar-refractivity contribution in [3.8, 4) is 0 Å². The number of anilines is 1. The molecule has 132 valence electrons. The molecule has 0 radical (unpaired) electrons.